The fraction of sp³-hybridized carbons (Fsp3) is 0.0625. The average molecular weight is 313 g/mol. The van der Waals surface area contributed by atoms with Crippen LogP contribution in [-0.4, -0.2) is 20.7 Å². The van der Waals surface area contributed by atoms with Crippen molar-refractivity contribution in [2.24, 2.45) is 7.05 Å². The minimum Gasteiger partial charge on any atom is -0.305 e. The number of halogens is 1. The molecule has 0 bridgehead atoms. The first kappa shape index (κ1) is 14.3. The summed E-state index contributed by atoms with van der Waals surface area (Å²) in [4.78, 5) is 16.4. The van der Waals surface area contributed by atoms with E-state index in [1.165, 1.54) is 4.68 Å². The summed E-state index contributed by atoms with van der Waals surface area (Å²) in [6.07, 6.45) is 1.62. The number of pyridine rings is 1. The molecule has 5 nitrogen and oxygen atoms in total. The number of anilines is 1. The van der Waals surface area contributed by atoms with Crippen LogP contribution in [0.3, 0.4) is 0 Å². The molecule has 0 fully saturated rings. The Morgan fingerprint density at radius 1 is 1.18 bits per heavy atom. The molecule has 0 atom stereocenters. The van der Waals surface area contributed by atoms with E-state index in [4.69, 9.17) is 11.6 Å². The molecule has 1 aromatic carbocycles. The molecule has 0 aliphatic rings. The van der Waals surface area contributed by atoms with Gasteiger partial charge in [-0.3, -0.25) is 9.48 Å². The lowest BCUT2D eigenvalue weighted by molar-refractivity contribution is 0.101. The zero-order chi connectivity index (χ0) is 15.5. The summed E-state index contributed by atoms with van der Waals surface area (Å²) < 4.78 is 1.52. The third-order valence-electron chi connectivity index (χ3n) is 3.17. The summed E-state index contributed by atoms with van der Waals surface area (Å²) >= 11 is 6.17. The minimum absolute atomic E-state index is 0.271. The number of aryl methyl sites for hydroxylation is 1. The first-order valence-corrected chi connectivity index (χ1v) is 7.04. The topological polar surface area (TPSA) is 59.8 Å². The van der Waals surface area contributed by atoms with Crippen molar-refractivity contribution in [3.63, 3.8) is 0 Å². The van der Waals surface area contributed by atoms with E-state index in [2.05, 4.69) is 15.4 Å². The number of nitrogens with zero attached hydrogens (tertiary/aromatic N) is 3. The molecule has 0 aliphatic carbocycles. The number of rotatable bonds is 3. The average Bonchev–Trinajstić information content (AvgIpc) is 2.90. The van der Waals surface area contributed by atoms with E-state index < -0.39 is 0 Å². The lowest BCUT2D eigenvalue weighted by Crippen LogP contribution is -2.16. The summed E-state index contributed by atoms with van der Waals surface area (Å²) in [6.45, 7) is 0. The predicted octanol–water partition coefficient (Wildman–Crippen LogP) is 3.39. The van der Waals surface area contributed by atoms with E-state index >= 15 is 0 Å². The summed E-state index contributed by atoms with van der Waals surface area (Å²) in [7, 11) is 1.72. The van der Waals surface area contributed by atoms with Gasteiger partial charge in [0.2, 0.25) is 0 Å². The van der Waals surface area contributed by atoms with E-state index in [9.17, 15) is 4.79 Å². The molecule has 0 saturated carbocycles. The molecule has 0 unspecified atom stereocenters. The molecule has 110 valence electrons. The fourth-order valence-corrected chi connectivity index (χ4v) is 2.33. The second-order valence-electron chi connectivity index (χ2n) is 4.69. The number of carbonyl (C=O) groups is 1. The van der Waals surface area contributed by atoms with E-state index in [1.54, 1.807) is 43.6 Å². The third-order valence-corrected chi connectivity index (χ3v) is 3.50. The molecule has 22 heavy (non-hydrogen) atoms. The second-order valence-corrected chi connectivity index (χ2v) is 5.09. The van der Waals surface area contributed by atoms with Gasteiger partial charge in [-0.2, -0.15) is 5.10 Å². The van der Waals surface area contributed by atoms with Gasteiger partial charge in [0.15, 0.2) is 0 Å². The highest BCUT2D eigenvalue weighted by molar-refractivity contribution is 6.33. The maximum absolute atomic E-state index is 12.3. The van der Waals surface area contributed by atoms with Gasteiger partial charge >= 0.3 is 0 Å². The van der Waals surface area contributed by atoms with Gasteiger partial charge in [0, 0.05) is 18.8 Å². The normalized spacial score (nSPS) is 10.5. The third kappa shape index (κ3) is 2.84. The Bertz CT molecular complexity index is 814. The van der Waals surface area contributed by atoms with Gasteiger partial charge in [-0.1, -0.05) is 35.9 Å². The van der Waals surface area contributed by atoms with Crippen molar-refractivity contribution < 1.29 is 4.79 Å². The van der Waals surface area contributed by atoms with E-state index in [-0.39, 0.29) is 5.91 Å². The van der Waals surface area contributed by atoms with E-state index in [0.717, 1.165) is 5.56 Å². The molecule has 3 aromatic rings. The van der Waals surface area contributed by atoms with Crippen molar-refractivity contribution in [1.82, 2.24) is 14.8 Å². The number of aromatic nitrogens is 3. The molecule has 0 aliphatic heterocycles. The van der Waals surface area contributed by atoms with Gasteiger partial charge in [0.1, 0.15) is 11.5 Å². The summed E-state index contributed by atoms with van der Waals surface area (Å²) in [5.41, 5.74) is 1.87. The highest BCUT2D eigenvalue weighted by Gasteiger charge is 2.16. The van der Waals surface area contributed by atoms with E-state index in [1.807, 2.05) is 18.2 Å². The summed E-state index contributed by atoms with van der Waals surface area (Å²) in [6, 6.07) is 14.4. The largest absolute Gasteiger partial charge is 0.305 e. The molecule has 2 aromatic heterocycles. The Labute approximate surface area is 132 Å². The van der Waals surface area contributed by atoms with Crippen LogP contribution in [-0.2, 0) is 7.05 Å². The summed E-state index contributed by atoms with van der Waals surface area (Å²) in [5.74, 6) is 0.222. The van der Waals surface area contributed by atoms with Gasteiger partial charge in [0.25, 0.3) is 5.91 Å². The van der Waals surface area contributed by atoms with Crippen LogP contribution in [0.2, 0.25) is 5.02 Å². The summed E-state index contributed by atoms with van der Waals surface area (Å²) in [5, 5.41) is 7.68. The van der Waals surface area contributed by atoms with E-state index in [0.29, 0.717) is 22.2 Å². The Balaban J connectivity index is 1.90. The van der Waals surface area contributed by atoms with Crippen LogP contribution in [0.5, 0.6) is 0 Å². The van der Waals surface area contributed by atoms with Gasteiger partial charge in [-0.15, -0.1) is 0 Å². The minimum atomic E-state index is -0.271. The lowest BCUT2D eigenvalue weighted by atomic mass is 10.1. The number of carbonyl (C=O) groups excluding carboxylic acids is 1. The van der Waals surface area contributed by atoms with Crippen molar-refractivity contribution >= 4 is 23.3 Å². The molecule has 0 spiro atoms. The second kappa shape index (κ2) is 5.99. The van der Waals surface area contributed by atoms with Gasteiger partial charge in [0.05, 0.1) is 10.7 Å². The SMILES string of the molecule is Cn1nc(-c2ccccc2Cl)cc1C(=O)Nc1ccccn1. The Hall–Kier alpha value is -2.66. The van der Waals surface area contributed by atoms with Gasteiger partial charge < -0.3 is 5.32 Å². The number of benzene rings is 1. The molecular formula is C16H13ClN4O. The number of nitrogens with one attached hydrogen (secondary N) is 1. The van der Waals surface area contributed by atoms with Crippen LogP contribution in [0.4, 0.5) is 5.82 Å². The quantitative estimate of drug-likeness (QED) is 0.806. The molecule has 3 rings (SSSR count). The monoisotopic (exact) mass is 312 g/mol. The van der Waals surface area contributed by atoms with Crippen molar-refractivity contribution in [3.8, 4) is 11.3 Å². The van der Waals surface area contributed by atoms with Crippen LogP contribution in [0.25, 0.3) is 11.3 Å². The van der Waals surface area contributed by atoms with Crippen molar-refractivity contribution in [2.75, 3.05) is 5.32 Å². The van der Waals surface area contributed by atoms with Crippen molar-refractivity contribution in [3.05, 3.63) is 65.4 Å². The highest BCUT2D eigenvalue weighted by Crippen LogP contribution is 2.26. The number of amides is 1. The zero-order valence-electron chi connectivity index (χ0n) is 11.8. The smallest absolute Gasteiger partial charge is 0.275 e. The standard InChI is InChI=1S/C16H13ClN4O/c1-21-14(16(22)19-15-8-4-5-9-18-15)10-13(20-21)11-6-2-3-7-12(11)17/h2-10H,1H3,(H,18,19,22). The molecule has 1 amide bonds. The van der Waals surface area contributed by atoms with Crippen LogP contribution < -0.4 is 5.32 Å². The van der Waals surface area contributed by atoms with Crippen LogP contribution in [0.1, 0.15) is 10.5 Å². The first-order valence-electron chi connectivity index (χ1n) is 6.66. The number of hydrogen-bond acceptors (Lipinski definition) is 3. The first-order chi connectivity index (χ1) is 10.6. The molecule has 0 saturated heterocycles. The molecular weight excluding hydrogens is 300 g/mol. The Morgan fingerprint density at radius 2 is 1.95 bits per heavy atom. The fourth-order valence-electron chi connectivity index (χ4n) is 2.10. The van der Waals surface area contributed by atoms with Crippen LogP contribution in [0.15, 0.2) is 54.7 Å². The lowest BCUT2D eigenvalue weighted by Gasteiger charge is -2.03. The Morgan fingerprint density at radius 3 is 2.68 bits per heavy atom. The molecule has 0 radical (unpaired) electrons. The highest BCUT2D eigenvalue weighted by atomic mass is 35.5. The predicted molar refractivity (Wildman–Crippen MR) is 85.8 cm³/mol. The molecule has 1 N–H and O–H groups in total. The van der Waals surface area contributed by atoms with Crippen molar-refractivity contribution in [1.29, 1.82) is 0 Å². The maximum Gasteiger partial charge on any atom is 0.275 e. The Kier molecular flexibility index (Phi) is 3.89. The molecule has 6 heteroatoms. The van der Waals surface area contributed by atoms with Crippen molar-refractivity contribution in [2.45, 2.75) is 0 Å². The maximum atomic E-state index is 12.3. The van der Waals surface area contributed by atoms with Gasteiger partial charge in [-0.25, -0.2) is 4.98 Å². The van der Waals surface area contributed by atoms with Gasteiger partial charge in [-0.05, 0) is 24.3 Å². The van der Waals surface area contributed by atoms with Crippen LogP contribution >= 0.6 is 11.6 Å². The zero-order valence-corrected chi connectivity index (χ0v) is 12.6. The van der Waals surface area contributed by atoms with Crippen LogP contribution in [0, 0.1) is 0 Å². The number of hydrogen-bond donors (Lipinski definition) is 1. The molecule has 2 heterocycles.